The molecule has 0 aliphatic heterocycles. The van der Waals surface area contributed by atoms with Crippen LogP contribution in [0.25, 0.3) is 0 Å². The van der Waals surface area contributed by atoms with E-state index in [1.807, 2.05) is 0 Å². The van der Waals surface area contributed by atoms with Gasteiger partial charge in [-0.05, 0) is 22.6 Å². The SMILES string of the molecule is O=C(O)Cc1ccccc1CNS(=O)(=O)c1cccs1. The molecule has 0 saturated carbocycles. The lowest BCUT2D eigenvalue weighted by Crippen LogP contribution is -2.23. The zero-order valence-electron chi connectivity index (χ0n) is 10.4. The Labute approximate surface area is 120 Å². The van der Waals surface area contributed by atoms with Gasteiger partial charge in [0.25, 0.3) is 0 Å². The van der Waals surface area contributed by atoms with Gasteiger partial charge in [0.05, 0.1) is 6.42 Å². The molecule has 106 valence electrons. The first-order valence-corrected chi connectivity index (χ1v) is 8.17. The van der Waals surface area contributed by atoms with E-state index in [4.69, 9.17) is 5.11 Å². The molecule has 0 radical (unpaired) electrons. The zero-order chi connectivity index (χ0) is 14.6. The van der Waals surface area contributed by atoms with Gasteiger partial charge >= 0.3 is 5.97 Å². The Balaban J connectivity index is 2.13. The smallest absolute Gasteiger partial charge is 0.307 e. The number of carboxylic acids is 1. The van der Waals surface area contributed by atoms with E-state index < -0.39 is 16.0 Å². The Hall–Kier alpha value is -1.70. The summed E-state index contributed by atoms with van der Waals surface area (Å²) < 4.78 is 26.7. The molecular weight excluding hydrogens is 298 g/mol. The molecule has 2 aromatic rings. The molecule has 0 fully saturated rings. The van der Waals surface area contributed by atoms with E-state index in [9.17, 15) is 13.2 Å². The van der Waals surface area contributed by atoms with Crippen LogP contribution in [0.1, 0.15) is 11.1 Å². The summed E-state index contributed by atoms with van der Waals surface area (Å²) in [7, 11) is -3.54. The van der Waals surface area contributed by atoms with Gasteiger partial charge in [-0.2, -0.15) is 0 Å². The Morgan fingerprint density at radius 1 is 1.15 bits per heavy atom. The highest BCUT2D eigenvalue weighted by Gasteiger charge is 2.15. The molecule has 0 amide bonds. The number of thiophene rings is 1. The van der Waals surface area contributed by atoms with Gasteiger partial charge in [0.1, 0.15) is 4.21 Å². The first-order chi connectivity index (χ1) is 9.49. The van der Waals surface area contributed by atoms with Crippen LogP contribution in [0.15, 0.2) is 46.0 Å². The molecule has 2 N–H and O–H groups in total. The third-order valence-corrected chi connectivity index (χ3v) is 5.47. The van der Waals surface area contributed by atoms with Crippen molar-refractivity contribution in [1.82, 2.24) is 4.72 Å². The maximum absolute atomic E-state index is 12.0. The van der Waals surface area contributed by atoms with Crippen LogP contribution in [0, 0.1) is 0 Å². The number of nitrogens with one attached hydrogen (secondary N) is 1. The topological polar surface area (TPSA) is 83.5 Å². The molecule has 1 aromatic carbocycles. The van der Waals surface area contributed by atoms with Crippen molar-refractivity contribution in [2.45, 2.75) is 17.2 Å². The van der Waals surface area contributed by atoms with Gasteiger partial charge in [0.15, 0.2) is 0 Å². The van der Waals surface area contributed by atoms with E-state index >= 15 is 0 Å². The minimum absolute atomic E-state index is 0.0731. The summed E-state index contributed by atoms with van der Waals surface area (Å²) in [6, 6.07) is 10.1. The fourth-order valence-corrected chi connectivity index (χ4v) is 3.77. The summed E-state index contributed by atoms with van der Waals surface area (Å²) in [5, 5.41) is 10.5. The summed E-state index contributed by atoms with van der Waals surface area (Å²) in [4.78, 5) is 10.8. The number of hydrogen-bond donors (Lipinski definition) is 2. The highest BCUT2D eigenvalue weighted by atomic mass is 32.2. The fourth-order valence-electron chi connectivity index (χ4n) is 1.73. The predicted molar refractivity (Wildman–Crippen MR) is 76.1 cm³/mol. The van der Waals surface area contributed by atoms with E-state index in [-0.39, 0.29) is 17.2 Å². The highest BCUT2D eigenvalue weighted by Crippen LogP contribution is 2.16. The van der Waals surface area contributed by atoms with Gasteiger partial charge in [-0.3, -0.25) is 4.79 Å². The molecule has 1 aromatic heterocycles. The summed E-state index contributed by atoms with van der Waals surface area (Å²) in [5.41, 5.74) is 1.27. The highest BCUT2D eigenvalue weighted by molar-refractivity contribution is 7.91. The van der Waals surface area contributed by atoms with E-state index in [1.54, 1.807) is 35.7 Å². The molecule has 0 bridgehead atoms. The average molecular weight is 311 g/mol. The van der Waals surface area contributed by atoms with E-state index in [1.165, 1.54) is 6.07 Å². The first-order valence-electron chi connectivity index (χ1n) is 5.81. The number of rotatable bonds is 6. The van der Waals surface area contributed by atoms with Gasteiger partial charge in [0.2, 0.25) is 10.0 Å². The Bertz CT molecular complexity index is 693. The van der Waals surface area contributed by atoms with Crippen molar-refractivity contribution in [3.05, 3.63) is 52.9 Å². The van der Waals surface area contributed by atoms with Crippen LogP contribution in [0.3, 0.4) is 0 Å². The van der Waals surface area contributed by atoms with Gasteiger partial charge in [-0.25, -0.2) is 13.1 Å². The van der Waals surface area contributed by atoms with Crippen LogP contribution in [0.4, 0.5) is 0 Å². The lowest BCUT2D eigenvalue weighted by Gasteiger charge is -2.09. The zero-order valence-corrected chi connectivity index (χ0v) is 12.1. The quantitative estimate of drug-likeness (QED) is 0.853. The van der Waals surface area contributed by atoms with Crippen LogP contribution in [0.2, 0.25) is 0 Å². The summed E-state index contributed by atoms with van der Waals surface area (Å²) >= 11 is 1.14. The Morgan fingerprint density at radius 2 is 1.85 bits per heavy atom. The molecule has 7 heteroatoms. The Morgan fingerprint density at radius 3 is 2.45 bits per heavy atom. The molecular formula is C13H13NO4S2. The minimum Gasteiger partial charge on any atom is -0.481 e. The van der Waals surface area contributed by atoms with E-state index in [0.29, 0.717) is 11.1 Å². The van der Waals surface area contributed by atoms with E-state index in [2.05, 4.69) is 4.72 Å². The monoisotopic (exact) mass is 311 g/mol. The third-order valence-electron chi connectivity index (χ3n) is 2.67. The molecule has 5 nitrogen and oxygen atoms in total. The third kappa shape index (κ3) is 3.66. The minimum atomic E-state index is -3.54. The summed E-state index contributed by atoms with van der Waals surface area (Å²) in [6.07, 6.45) is -0.128. The number of carboxylic acid groups (broad SMARTS) is 1. The van der Waals surface area contributed by atoms with Crippen LogP contribution in [-0.4, -0.2) is 19.5 Å². The molecule has 0 aliphatic rings. The van der Waals surface area contributed by atoms with Gasteiger partial charge in [-0.15, -0.1) is 11.3 Å². The second-order valence-corrected chi connectivity index (χ2v) is 7.04. The van der Waals surface area contributed by atoms with Crippen molar-refractivity contribution in [2.24, 2.45) is 0 Å². The molecule has 2 rings (SSSR count). The number of aliphatic carboxylic acids is 1. The van der Waals surface area contributed by atoms with Crippen LogP contribution in [0.5, 0.6) is 0 Å². The van der Waals surface area contributed by atoms with Crippen molar-refractivity contribution >= 4 is 27.3 Å². The van der Waals surface area contributed by atoms with Gasteiger partial charge in [-0.1, -0.05) is 30.3 Å². The number of hydrogen-bond acceptors (Lipinski definition) is 4. The average Bonchev–Trinajstić information content (AvgIpc) is 2.92. The van der Waals surface area contributed by atoms with Crippen LogP contribution >= 0.6 is 11.3 Å². The maximum atomic E-state index is 12.0. The molecule has 0 saturated heterocycles. The summed E-state index contributed by atoms with van der Waals surface area (Å²) in [5.74, 6) is -0.946. The standard InChI is InChI=1S/C13H13NO4S2/c15-12(16)8-10-4-1-2-5-11(10)9-14-20(17,18)13-6-3-7-19-13/h1-7,14H,8-9H2,(H,15,16). The Kier molecular flexibility index (Phi) is 4.53. The van der Waals surface area contributed by atoms with Crippen molar-refractivity contribution < 1.29 is 18.3 Å². The molecule has 20 heavy (non-hydrogen) atoms. The fraction of sp³-hybridized carbons (Fsp3) is 0.154. The van der Waals surface area contributed by atoms with Crippen LogP contribution < -0.4 is 4.72 Å². The van der Waals surface area contributed by atoms with Crippen molar-refractivity contribution in [1.29, 1.82) is 0 Å². The normalized spacial score (nSPS) is 11.4. The van der Waals surface area contributed by atoms with Crippen molar-refractivity contribution in [3.8, 4) is 0 Å². The predicted octanol–water partition coefficient (Wildman–Crippen LogP) is 1.85. The van der Waals surface area contributed by atoms with Crippen molar-refractivity contribution in [3.63, 3.8) is 0 Å². The lowest BCUT2D eigenvalue weighted by molar-refractivity contribution is -0.136. The lowest BCUT2D eigenvalue weighted by atomic mass is 10.1. The van der Waals surface area contributed by atoms with Crippen LogP contribution in [-0.2, 0) is 27.8 Å². The molecule has 0 spiro atoms. The molecule has 0 aliphatic carbocycles. The van der Waals surface area contributed by atoms with Gasteiger partial charge < -0.3 is 5.11 Å². The number of benzene rings is 1. The molecule has 1 heterocycles. The van der Waals surface area contributed by atoms with E-state index in [0.717, 1.165) is 11.3 Å². The maximum Gasteiger partial charge on any atom is 0.307 e. The van der Waals surface area contributed by atoms with Crippen molar-refractivity contribution in [2.75, 3.05) is 0 Å². The first kappa shape index (κ1) is 14.7. The second-order valence-electron chi connectivity index (χ2n) is 4.10. The summed E-state index contributed by atoms with van der Waals surface area (Å²) in [6.45, 7) is 0.0731. The largest absolute Gasteiger partial charge is 0.481 e. The molecule has 0 atom stereocenters. The number of carbonyl (C=O) groups is 1. The van der Waals surface area contributed by atoms with Gasteiger partial charge in [0, 0.05) is 6.54 Å². The number of sulfonamides is 1. The second kappa shape index (κ2) is 6.17. The molecule has 0 unspecified atom stereocenters.